The first-order chi connectivity index (χ1) is 12.4. The molecule has 0 radical (unpaired) electrons. The first-order valence-corrected chi connectivity index (χ1v) is 8.14. The number of piperazine rings is 1. The first kappa shape index (κ1) is 17.8. The van der Waals surface area contributed by atoms with Gasteiger partial charge >= 0.3 is 0 Å². The highest BCUT2D eigenvalue weighted by molar-refractivity contribution is 6.04. The third kappa shape index (κ3) is 3.12. The summed E-state index contributed by atoms with van der Waals surface area (Å²) in [7, 11) is 1.47. The normalized spacial score (nSPS) is 17.4. The van der Waals surface area contributed by atoms with Crippen molar-refractivity contribution in [2.75, 3.05) is 25.1 Å². The van der Waals surface area contributed by atoms with E-state index in [0.717, 1.165) is 12.1 Å². The number of benzene rings is 2. The smallest absolute Gasteiger partial charge is 0.258 e. The fraction of sp³-hybridized carbons (Fsp3) is 0.263. The van der Waals surface area contributed by atoms with Crippen LogP contribution in [0.1, 0.15) is 17.3 Å². The van der Waals surface area contributed by atoms with Gasteiger partial charge in [0.25, 0.3) is 5.91 Å². The Balaban J connectivity index is 1.85. The van der Waals surface area contributed by atoms with Gasteiger partial charge in [-0.1, -0.05) is 12.1 Å². The predicted molar refractivity (Wildman–Crippen MR) is 92.2 cm³/mol. The molecule has 1 fully saturated rings. The molecule has 0 N–H and O–H groups in total. The molecule has 0 aromatic heterocycles. The Bertz CT molecular complexity index is 856. The van der Waals surface area contributed by atoms with Crippen LogP contribution in [-0.2, 0) is 4.79 Å². The van der Waals surface area contributed by atoms with E-state index >= 15 is 0 Å². The van der Waals surface area contributed by atoms with Crippen molar-refractivity contribution in [3.8, 4) is 5.75 Å². The molecule has 1 unspecified atom stereocenters. The quantitative estimate of drug-likeness (QED) is 0.846. The number of carbonyl (C=O) groups is 2. The number of methoxy groups -OCH3 is 1. The van der Waals surface area contributed by atoms with Crippen LogP contribution in [0, 0.1) is 11.6 Å². The van der Waals surface area contributed by atoms with Crippen LogP contribution in [0.3, 0.4) is 0 Å². The lowest BCUT2D eigenvalue weighted by molar-refractivity contribution is -0.124. The second-order valence-corrected chi connectivity index (χ2v) is 5.96. The summed E-state index contributed by atoms with van der Waals surface area (Å²) < 4.78 is 32.3. The maximum absolute atomic E-state index is 14.0. The molecule has 3 rings (SSSR count). The topological polar surface area (TPSA) is 49.9 Å². The van der Waals surface area contributed by atoms with Gasteiger partial charge in [-0.2, -0.15) is 0 Å². The maximum Gasteiger partial charge on any atom is 0.258 e. The van der Waals surface area contributed by atoms with E-state index < -0.39 is 23.6 Å². The summed E-state index contributed by atoms with van der Waals surface area (Å²) in [6, 6.07) is 9.04. The zero-order chi connectivity index (χ0) is 18.8. The molecular weight excluding hydrogens is 342 g/mol. The van der Waals surface area contributed by atoms with Crippen LogP contribution in [0.2, 0.25) is 0 Å². The number of hydrogen-bond acceptors (Lipinski definition) is 3. The molecule has 26 heavy (non-hydrogen) atoms. The van der Waals surface area contributed by atoms with E-state index in [2.05, 4.69) is 0 Å². The van der Waals surface area contributed by atoms with Gasteiger partial charge in [-0.15, -0.1) is 0 Å². The molecule has 1 aliphatic heterocycles. The molecule has 2 aromatic rings. The van der Waals surface area contributed by atoms with Gasteiger partial charge in [0.05, 0.1) is 18.4 Å². The minimum absolute atomic E-state index is 0.00707. The molecule has 0 bridgehead atoms. The number of ether oxygens (including phenoxy) is 1. The molecule has 7 heteroatoms. The van der Waals surface area contributed by atoms with E-state index in [4.69, 9.17) is 4.74 Å². The predicted octanol–water partition coefficient (Wildman–Crippen LogP) is 2.85. The summed E-state index contributed by atoms with van der Waals surface area (Å²) in [6.07, 6.45) is 0. The van der Waals surface area contributed by atoms with Crippen LogP contribution in [0.15, 0.2) is 42.5 Å². The van der Waals surface area contributed by atoms with Gasteiger partial charge in [0.2, 0.25) is 5.91 Å². The van der Waals surface area contributed by atoms with Crippen molar-refractivity contribution in [2.24, 2.45) is 0 Å². The largest absolute Gasteiger partial charge is 0.496 e. The summed E-state index contributed by atoms with van der Waals surface area (Å²) in [4.78, 5) is 28.2. The number of halogens is 2. The number of amides is 2. The van der Waals surface area contributed by atoms with E-state index in [0.29, 0.717) is 11.3 Å². The highest BCUT2D eigenvalue weighted by Crippen LogP contribution is 2.26. The van der Waals surface area contributed by atoms with Crippen LogP contribution in [0.25, 0.3) is 0 Å². The minimum atomic E-state index is -0.810. The summed E-state index contributed by atoms with van der Waals surface area (Å²) in [5.74, 6) is -1.86. The molecule has 1 aliphatic rings. The van der Waals surface area contributed by atoms with Gasteiger partial charge in [0.1, 0.15) is 23.4 Å². The number of para-hydroxylation sites is 1. The van der Waals surface area contributed by atoms with Gasteiger partial charge in [0, 0.05) is 19.2 Å². The molecule has 0 saturated carbocycles. The van der Waals surface area contributed by atoms with Crippen molar-refractivity contribution in [3.63, 3.8) is 0 Å². The van der Waals surface area contributed by atoms with E-state index in [1.807, 2.05) is 0 Å². The fourth-order valence-electron chi connectivity index (χ4n) is 3.06. The van der Waals surface area contributed by atoms with Gasteiger partial charge in [-0.3, -0.25) is 9.59 Å². The SMILES string of the molecule is COc1ccccc1C(=O)N1CCN(c2ccc(F)cc2F)C(=O)C1C. The standard InChI is InChI=1S/C19H18F2N2O3/c1-12-18(24)23(16-8-7-13(20)11-15(16)21)10-9-22(12)19(25)14-5-3-4-6-17(14)26-2/h3-8,11-12H,9-10H2,1-2H3. The van der Waals surface area contributed by atoms with E-state index in [9.17, 15) is 18.4 Å². The van der Waals surface area contributed by atoms with E-state index in [-0.39, 0.29) is 24.7 Å². The summed E-state index contributed by atoms with van der Waals surface area (Å²) in [5, 5.41) is 0. The molecular formula is C19H18F2N2O3. The number of rotatable bonds is 3. The lowest BCUT2D eigenvalue weighted by Gasteiger charge is -2.39. The van der Waals surface area contributed by atoms with Crippen LogP contribution < -0.4 is 9.64 Å². The van der Waals surface area contributed by atoms with Crippen molar-refractivity contribution in [1.29, 1.82) is 0 Å². The van der Waals surface area contributed by atoms with Crippen LogP contribution in [0.4, 0.5) is 14.5 Å². The summed E-state index contributed by atoms with van der Waals surface area (Å²) in [5.41, 5.74) is 0.365. The Hall–Kier alpha value is -2.96. The van der Waals surface area contributed by atoms with Gasteiger partial charge in [-0.05, 0) is 31.2 Å². The van der Waals surface area contributed by atoms with Gasteiger partial charge in [0.15, 0.2) is 0 Å². The number of anilines is 1. The minimum Gasteiger partial charge on any atom is -0.496 e. The summed E-state index contributed by atoms with van der Waals surface area (Å²) in [6.45, 7) is 1.93. The number of hydrogen-bond donors (Lipinski definition) is 0. The van der Waals surface area contributed by atoms with E-state index in [1.165, 1.54) is 23.0 Å². The second-order valence-electron chi connectivity index (χ2n) is 5.96. The van der Waals surface area contributed by atoms with Crippen molar-refractivity contribution >= 4 is 17.5 Å². The molecule has 2 amide bonds. The molecule has 0 aliphatic carbocycles. The monoisotopic (exact) mass is 360 g/mol. The second kappa shape index (κ2) is 7.11. The Kier molecular flexibility index (Phi) is 4.88. The average molecular weight is 360 g/mol. The van der Waals surface area contributed by atoms with Crippen molar-refractivity contribution < 1.29 is 23.1 Å². The molecule has 136 valence electrons. The highest BCUT2D eigenvalue weighted by atomic mass is 19.1. The fourth-order valence-corrected chi connectivity index (χ4v) is 3.06. The zero-order valence-corrected chi connectivity index (χ0v) is 14.4. The Morgan fingerprint density at radius 1 is 1.15 bits per heavy atom. The van der Waals surface area contributed by atoms with Crippen molar-refractivity contribution in [1.82, 2.24) is 4.90 Å². The highest BCUT2D eigenvalue weighted by Gasteiger charge is 2.36. The third-order valence-electron chi connectivity index (χ3n) is 4.45. The Morgan fingerprint density at radius 3 is 2.58 bits per heavy atom. The Morgan fingerprint density at radius 2 is 1.88 bits per heavy atom. The van der Waals surface area contributed by atoms with Crippen molar-refractivity contribution in [2.45, 2.75) is 13.0 Å². The molecule has 2 aromatic carbocycles. The number of nitrogens with zero attached hydrogens (tertiary/aromatic N) is 2. The van der Waals surface area contributed by atoms with Gasteiger partial charge in [-0.25, -0.2) is 8.78 Å². The molecule has 1 heterocycles. The zero-order valence-electron chi connectivity index (χ0n) is 14.4. The van der Waals surface area contributed by atoms with Crippen molar-refractivity contribution in [3.05, 3.63) is 59.7 Å². The average Bonchev–Trinajstić information content (AvgIpc) is 2.64. The first-order valence-electron chi connectivity index (χ1n) is 8.14. The van der Waals surface area contributed by atoms with Gasteiger partial charge < -0.3 is 14.5 Å². The lowest BCUT2D eigenvalue weighted by Crippen LogP contribution is -2.58. The van der Waals surface area contributed by atoms with Crippen LogP contribution >= 0.6 is 0 Å². The molecule has 5 nitrogen and oxygen atoms in total. The lowest BCUT2D eigenvalue weighted by atomic mass is 10.1. The molecule has 1 saturated heterocycles. The molecule has 1 atom stereocenters. The summed E-state index contributed by atoms with van der Waals surface area (Å²) >= 11 is 0. The van der Waals surface area contributed by atoms with Crippen LogP contribution in [-0.4, -0.2) is 43.0 Å². The molecule has 0 spiro atoms. The third-order valence-corrected chi connectivity index (χ3v) is 4.45. The van der Waals surface area contributed by atoms with E-state index in [1.54, 1.807) is 31.2 Å². The number of carbonyl (C=O) groups excluding carboxylic acids is 2. The maximum atomic E-state index is 14.0. The Labute approximate surface area is 149 Å². The van der Waals surface area contributed by atoms with Crippen LogP contribution in [0.5, 0.6) is 5.75 Å².